The number of ether oxygens (including phenoxy) is 1. The van der Waals surface area contributed by atoms with Crippen molar-refractivity contribution in [3.8, 4) is 6.01 Å². The summed E-state index contributed by atoms with van der Waals surface area (Å²) in [6.07, 6.45) is 1.09. The van der Waals surface area contributed by atoms with Crippen LogP contribution >= 0.6 is 0 Å². The maximum atomic E-state index is 5.59. The van der Waals surface area contributed by atoms with Crippen molar-refractivity contribution < 1.29 is 4.74 Å². The molecule has 0 spiro atoms. The zero-order chi connectivity index (χ0) is 12.8. The van der Waals surface area contributed by atoms with Crippen LogP contribution in [0.1, 0.15) is 34.1 Å². The second-order valence-electron chi connectivity index (χ2n) is 4.05. The summed E-state index contributed by atoms with van der Waals surface area (Å²) in [5.74, 6) is 1.17. The smallest absolute Gasteiger partial charge is 0.323 e. The molecule has 6 nitrogen and oxygen atoms in total. The molecule has 96 valence electrons. The van der Waals surface area contributed by atoms with E-state index in [4.69, 9.17) is 10.5 Å². The molecule has 2 atom stereocenters. The molecule has 0 aliphatic heterocycles. The quantitative estimate of drug-likeness (QED) is 0.785. The Labute approximate surface area is 102 Å². The molecule has 0 fully saturated rings. The number of nitrogen functional groups attached to an aromatic ring is 1. The lowest BCUT2D eigenvalue weighted by Crippen LogP contribution is -2.25. The number of hydrogen-bond acceptors (Lipinski definition) is 6. The third-order valence-electron chi connectivity index (χ3n) is 2.76. The molecule has 0 bridgehead atoms. The Bertz CT molecular complexity index is 358. The van der Waals surface area contributed by atoms with Gasteiger partial charge < -0.3 is 15.8 Å². The van der Waals surface area contributed by atoms with Crippen LogP contribution in [0.3, 0.4) is 0 Å². The second kappa shape index (κ2) is 6.22. The zero-order valence-electron chi connectivity index (χ0n) is 10.9. The van der Waals surface area contributed by atoms with Crippen LogP contribution in [0.5, 0.6) is 6.01 Å². The van der Waals surface area contributed by atoms with Crippen molar-refractivity contribution in [1.82, 2.24) is 15.0 Å². The van der Waals surface area contributed by atoms with Crippen molar-refractivity contribution in [2.75, 3.05) is 17.7 Å². The third kappa shape index (κ3) is 4.05. The summed E-state index contributed by atoms with van der Waals surface area (Å²) in [5.41, 5.74) is 5.59. The predicted octanol–water partition coefficient (Wildman–Crippen LogP) is 1.70. The maximum absolute atomic E-state index is 5.59. The average molecular weight is 239 g/mol. The van der Waals surface area contributed by atoms with Crippen LogP contribution in [0, 0.1) is 5.92 Å². The molecule has 0 saturated carbocycles. The molecule has 1 aromatic rings. The van der Waals surface area contributed by atoms with E-state index in [0.29, 0.717) is 18.5 Å². The van der Waals surface area contributed by atoms with E-state index in [0.717, 1.165) is 6.42 Å². The lowest BCUT2D eigenvalue weighted by atomic mass is 10.0. The Balaban J connectivity index is 2.76. The fourth-order valence-electron chi connectivity index (χ4n) is 1.33. The minimum absolute atomic E-state index is 0.169. The van der Waals surface area contributed by atoms with E-state index in [9.17, 15) is 0 Å². The standard InChI is InChI=1S/C11H21N5O/c1-5-7(3)8(4)13-10-14-9(12)15-11(16-10)17-6-2/h7-8H,5-6H2,1-4H3,(H3,12,13,14,15,16). The van der Waals surface area contributed by atoms with E-state index in [2.05, 4.69) is 41.0 Å². The molecule has 0 aromatic carbocycles. The monoisotopic (exact) mass is 239 g/mol. The van der Waals surface area contributed by atoms with Gasteiger partial charge in [0.15, 0.2) is 0 Å². The topological polar surface area (TPSA) is 86.0 Å². The zero-order valence-corrected chi connectivity index (χ0v) is 10.9. The number of nitrogens with two attached hydrogens (primary N) is 1. The molecular weight excluding hydrogens is 218 g/mol. The SMILES string of the molecule is CCOc1nc(N)nc(NC(C)C(C)CC)n1. The van der Waals surface area contributed by atoms with Gasteiger partial charge in [-0.2, -0.15) is 15.0 Å². The fourth-order valence-corrected chi connectivity index (χ4v) is 1.33. The van der Waals surface area contributed by atoms with Gasteiger partial charge in [0.25, 0.3) is 0 Å². The van der Waals surface area contributed by atoms with Crippen LogP contribution in [0.4, 0.5) is 11.9 Å². The first-order valence-electron chi connectivity index (χ1n) is 5.97. The number of aromatic nitrogens is 3. The molecule has 3 N–H and O–H groups in total. The summed E-state index contributed by atoms with van der Waals surface area (Å²) in [6.45, 7) is 8.79. The maximum Gasteiger partial charge on any atom is 0.323 e. The number of rotatable bonds is 6. The van der Waals surface area contributed by atoms with E-state index in [1.54, 1.807) is 0 Å². The molecule has 1 aromatic heterocycles. The summed E-state index contributed by atoms with van der Waals surface area (Å²) in [5, 5.41) is 3.21. The van der Waals surface area contributed by atoms with Crippen molar-refractivity contribution >= 4 is 11.9 Å². The van der Waals surface area contributed by atoms with Crippen LogP contribution < -0.4 is 15.8 Å². The van der Waals surface area contributed by atoms with Gasteiger partial charge in [-0.3, -0.25) is 0 Å². The van der Waals surface area contributed by atoms with E-state index in [1.807, 2.05) is 6.92 Å². The van der Waals surface area contributed by atoms with Crippen LogP contribution in [-0.2, 0) is 0 Å². The van der Waals surface area contributed by atoms with E-state index >= 15 is 0 Å². The van der Waals surface area contributed by atoms with Gasteiger partial charge in [-0.05, 0) is 19.8 Å². The molecule has 0 aliphatic rings. The number of nitrogens with zero attached hydrogens (tertiary/aromatic N) is 3. The normalized spacial score (nSPS) is 14.1. The Morgan fingerprint density at radius 2 is 1.94 bits per heavy atom. The molecule has 17 heavy (non-hydrogen) atoms. The molecular formula is C11H21N5O. The van der Waals surface area contributed by atoms with Crippen LogP contribution in [0.25, 0.3) is 0 Å². The lowest BCUT2D eigenvalue weighted by molar-refractivity contribution is 0.312. The molecule has 1 rings (SSSR count). The molecule has 0 saturated heterocycles. The molecule has 0 radical (unpaired) electrons. The van der Waals surface area contributed by atoms with Gasteiger partial charge in [0.1, 0.15) is 0 Å². The Morgan fingerprint density at radius 1 is 1.24 bits per heavy atom. The summed E-state index contributed by atoms with van der Waals surface area (Å²) in [4.78, 5) is 12.1. The number of hydrogen-bond donors (Lipinski definition) is 2. The van der Waals surface area contributed by atoms with Gasteiger partial charge in [-0.25, -0.2) is 0 Å². The fraction of sp³-hybridized carbons (Fsp3) is 0.727. The Hall–Kier alpha value is -1.59. The highest BCUT2D eigenvalue weighted by atomic mass is 16.5. The van der Waals surface area contributed by atoms with Gasteiger partial charge >= 0.3 is 6.01 Å². The molecule has 2 unspecified atom stereocenters. The van der Waals surface area contributed by atoms with E-state index in [1.165, 1.54) is 0 Å². The highest BCUT2D eigenvalue weighted by Gasteiger charge is 2.12. The Morgan fingerprint density at radius 3 is 2.53 bits per heavy atom. The predicted molar refractivity (Wildman–Crippen MR) is 67.9 cm³/mol. The van der Waals surface area contributed by atoms with Crippen LogP contribution in [0.2, 0.25) is 0 Å². The lowest BCUT2D eigenvalue weighted by Gasteiger charge is -2.19. The van der Waals surface area contributed by atoms with Gasteiger partial charge in [-0.1, -0.05) is 20.3 Å². The summed E-state index contributed by atoms with van der Waals surface area (Å²) in [7, 11) is 0. The van der Waals surface area contributed by atoms with Crippen molar-refractivity contribution in [2.24, 2.45) is 5.92 Å². The number of nitrogens with one attached hydrogen (secondary N) is 1. The van der Waals surface area contributed by atoms with Gasteiger partial charge in [0.2, 0.25) is 11.9 Å². The molecule has 6 heteroatoms. The summed E-state index contributed by atoms with van der Waals surface area (Å²) in [6, 6.07) is 0.537. The van der Waals surface area contributed by atoms with E-state index < -0.39 is 0 Å². The van der Waals surface area contributed by atoms with Crippen molar-refractivity contribution in [3.05, 3.63) is 0 Å². The minimum Gasteiger partial charge on any atom is -0.464 e. The average Bonchev–Trinajstić information content (AvgIpc) is 2.27. The van der Waals surface area contributed by atoms with Crippen molar-refractivity contribution in [2.45, 2.75) is 40.2 Å². The first-order chi connectivity index (χ1) is 8.06. The Kier molecular flexibility index (Phi) is 4.93. The summed E-state index contributed by atoms with van der Waals surface area (Å²) >= 11 is 0. The minimum atomic E-state index is 0.169. The van der Waals surface area contributed by atoms with Gasteiger partial charge in [-0.15, -0.1) is 0 Å². The van der Waals surface area contributed by atoms with Crippen molar-refractivity contribution in [3.63, 3.8) is 0 Å². The van der Waals surface area contributed by atoms with Gasteiger partial charge in [0, 0.05) is 6.04 Å². The second-order valence-corrected chi connectivity index (χ2v) is 4.05. The highest BCUT2D eigenvalue weighted by Crippen LogP contribution is 2.14. The van der Waals surface area contributed by atoms with Crippen molar-refractivity contribution in [1.29, 1.82) is 0 Å². The summed E-state index contributed by atoms with van der Waals surface area (Å²) < 4.78 is 5.21. The third-order valence-corrected chi connectivity index (χ3v) is 2.76. The first-order valence-corrected chi connectivity index (χ1v) is 5.97. The van der Waals surface area contributed by atoms with Crippen LogP contribution in [0.15, 0.2) is 0 Å². The number of anilines is 2. The molecule has 0 amide bonds. The molecule has 1 heterocycles. The largest absolute Gasteiger partial charge is 0.464 e. The highest BCUT2D eigenvalue weighted by molar-refractivity contribution is 5.33. The van der Waals surface area contributed by atoms with E-state index in [-0.39, 0.29) is 18.0 Å². The first kappa shape index (κ1) is 13.5. The van der Waals surface area contributed by atoms with Crippen LogP contribution in [-0.4, -0.2) is 27.6 Å². The van der Waals surface area contributed by atoms with Gasteiger partial charge in [0.05, 0.1) is 6.61 Å². The molecule has 0 aliphatic carbocycles.